The monoisotopic (exact) mass is 394 g/mol. The molecule has 2 N–H and O–H groups in total. The minimum absolute atomic E-state index is 0.522. The van der Waals surface area contributed by atoms with E-state index in [1.807, 2.05) is 55.5 Å². The molecule has 2 aromatic carbocycles. The van der Waals surface area contributed by atoms with Crippen LogP contribution in [0.3, 0.4) is 0 Å². The molecule has 6 heteroatoms. The van der Waals surface area contributed by atoms with Gasteiger partial charge in [0.25, 0.3) is 0 Å². The molecule has 0 unspecified atom stereocenters. The third-order valence-electron chi connectivity index (χ3n) is 2.80. The highest BCUT2D eigenvalue weighted by molar-refractivity contribution is 9.10. The fourth-order valence-corrected chi connectivity index (χ4v) is 2.59. The lowest BCUT2D eigenvalue weighted by molar-refractivity contribution is 0.340. The van der Waals surface area contributed by atoms with Crippen molar-refractivity contribution in [3.8, 4) is 11.5 Å². The summed E-state index contributed by atoms with van der Waals surface area (Å²) in [5.41, 5.74) is 6.73. The second-order valence-corrected chi connectivity index (χ2v) is 6.56. The molecular formula is C17H19BrN2O2S. The summed E-state index contributed by atoms with van der Waals surface area (Å²) >= 11 is 4.86. The first kappa shape index (κ1) is 17.7. The standard InChI is InChI=1S/C17H19BrN2O2S/c1-2-21-15-9-5-14(6-10-15)20-17(19)23-12-11-22-16-7-3-13(18)4-8-16/h3-10H,2,11-12H2,1H3,(H2,19,20). The third kappa shape index (κ3) is 6.54. The maximum absolute atomic E-state index is 5.92. The summed E-state index contributed by atoms with van der Waals surface area (Å²) in [6.45, 7) is 3.18. The maximum Gasteiger partial charge on any atom is 0.159 e. The van der Waals surface area contributed by atoms with E-state index in [4.69, 9.17) is 15.2 Å². The zero-order chi connectivity index (χ0) is 16.5. The lowest BCUT2D eigenvalue weighted by Gasteiger charge is -2.06. The lowest BCUT2D eigenvalue weighted by atomic mass is 10.3. The van der Waals surface area contributed by atoms with E-state index in [9.17, 15) is 0 Å². The smallest absolute Gasteiger partial charge is 0.159 e. The summed E-state index contributed by atoms with van der Waals surface area (Å²) in [4.78, 5) is 4.36. The molecule has 4 nitrogen and oxygen atoms in total. The van der Waals surface area contributed by atoms with Crippen molar-refractivity contribution in [2.75, 3.05) is 19.0 Å². The minimum atomic E-state index is 0.522. The summed E-state index contributed by atoms with van der Waals surface area (Å²) in [6, 6.07) is 15.3. The number of nitrogens with zero attached hydrogens (tertiary/aromatic N) is 1. The van der Waals surface area contributed by atoms with Gasteiger partial charge in [0, 0.05) is 10.2 Å². The van der Waals surface area contributed by atoms with Gasteiger partial charge in [0.05, 0.1) is 18.9 Å². The SMILES string of the molecule is CCOc1ccc(N=C(N)SCCOc2ccc(Br)cc2)cc1. The van der Waals surface area contributed by atoms with Crippen LogP contribution in [0.25, 0.3) is 0 Å². The number of rotatable bonds is 7. The average molecular weight is 395 g/mol. The third-order valence-corrected chi connectivity index (χ3v) is 4.09. The Kier molecular flexibility index (Phi) is 7.29. The van der Waals surface area contributed by atoms with Crippen molar-refractivity contribution >= 4 is 38.5 Å². The Morgan fingerprint density at radius 1 is 1.04 bits per heavy atom. The first-order valence-corrected chi connectivity index (χ1v) is 9.03. The summed E-state index contributed by atoms with van der Waals surface area (Å²) in [7, 11) is 0. The molecule has 0 bridgehead atoms. The van der Waals surface area contributed by atoms with Gasteiger partial charge in [-0.25, -0.2) is 4.99 Å². The number of ether oxygens (including phenoxy) is 2. The highest BCUT2D eigenvalue weighted by Crippen LogP contribution is 2.19. The second kappa shape index (κ2) is 9.47. The molecule has 0 saturated heterocycles. The molecule has 0 amide bonds. The molecule has 0 aliphatic heterocycles. The van der Waals surface area contributed by atoms with Gasteiger partial charge in [-0.2, -0.15) is 0 Å². The van der Waals surface area contributed by atoms with Gasteiger partial charge in [-0.3, -0.25) is 0 Å². The molecule has 0 aliphatic carbocycles. The molecule has 0 aliphatic rings. The van der Waals surface area contributed by atoms with Crippen molar-refractivity contribution in [1.82, 2.24) is 0 Å². The predicted molar refractivity (Wildman–Crippen MR) is 101 cm³/mol. The van der Waals surface area contributed by atoms with E-state index in [1.54, 1.807) is 0 Å². The molecule has 2 aromatic rings. The Morgan fingerprint density at radius 2 is 1.65 bits per heavy atom. The minimum Gasteiger partial charge on any atom is -0.494 e. The molecule has 0 heterocycles. The molecule has 0 radical (unpaired) electrons. The first-order chi connectivity index (χ1) is 11.2. The normalized spacial score (nSPS) is 11.3. The van der Waals surface area contributed by atoms with Gasteiger partial charge in [-0.15, -0.1) is 0 Å². The number of hydrogen-bond acceptors (Lipinski definition) is 4. The van der Waals surface area contributed by atoms with Crippen LogP contribution in [0.15, 0.2) is 58.0 Å². The van der Waals surface area contributed by atoms with Crippen LogP contribution in [-0.4, -0.2) is 24.1 Å². The number of halogens is 1. The van der Waals surface area contributed by atoms with Crippen LogP contribution >= 0.6 is 27.7 Å². The molecule has 0 spiro atoms. The Balaban J connectivity index is 1.75. The van der Waals surface area contributed by atoms with Gasteiger partial charge in [0.2, 0.25) is 0 Å². The number of hydrogen-bond donors (Lipinski definition) is 1. The van der Waals surface area contributed by atoms with Gasteiger partial charge in [0.1, 0.15) is 11.5 Å². The highest BCUT2D eigenvalue weighted by Gasteiger charge is 1.99. The summed E-state index contributed by atoms with van der Waals surface area (Å²) < 4.78 is 12.1. The van der Waals surface area contributed by atoms with Gasteiger partial charge >= 0.3 is 0 Å². The Labute approximate surface area is 149 Å². The predicted octanol–water partition coefficient (Wildman–Crippen LogP) is 4.61. The molecule has 122 valence electrons. The number of nitrogens with two attached hydrogens (primary N) is 1. The lowest BCUT2D eigenvalue weighted by Crippen LogP contribution is -2.10. The van der Waals surface area contributed by atoms with Crippen molar-refractivity contribution in [1.29, 1.82) is 0 Å². The molecule has 23 heavy (non-hydrogen) atoms. The Morgan fingerprint density at radius 3 is 2.30 bits per heavy atom. The second-order valence-electron chi connectivity index (χ2n) is 4.53. The van der Waals surface area contributed by atoms with Crippen molar-refractivity contribution in [3.63, 3.8) is 0 Å². The maximum atomic E-state index is 5.92. The van der Waals surface area contributed by atoms with E-state index < -0.39 is 0 Å². The molecule has 0 aromatic heterocycles. The molecule has 0 fully saturated rings. The quantitative estimate of drug-likeness (QED) is 0.423. The molecule has 0 saturated carbocycles. The summed E-state index contributed by atoms with van der Waals surface area (Å²) in [5.74, 6) is 2.42. The Hall–Kier alpha value is -1.66. The van der Waals surface area contributed by atoms with Crippen LogP contribution in [0.1, 0.15) is 6.92 Å². The zero-order valence-electron chi connectivity index (χ0n) is 12.9. The van der Waals surface area contributed by atoms with E-state index in [0.29, 0.717) is 18.4 Å². The van der Waals surface area contributed by atoms with Crippen molar-refractivity contribution in [3.05, 3.63) is 53.0 Å². The number of thioether (sulfide) groups is 1. The van der Waals surface area contributed by atoms with E-state index in [2.05, 4.69) is 20.9 Å². The van der Waals surface area contributed by atoms with E-state index >= 15 is 0 Å². The summed E-state index contributed by atoms with van der Waals surface area (Å²) in [6.07, 6.45) is 0. The highest BCUT2D eigenvalue weighted by atomic mass is 79.9. The first-order valence-electron chi connectivity index (χ1n) is 7.25. The van der Waals surface area contributed by atoms with Gasteiger partial charge in [-0.05, 0) is 55.5 Å². The van der Waals surface area contributed by atoms with Crippen LogP contribution in [0, 0.1) is 0 Å². The fraction of sp³-hybridized carbons (Fsp3) is 0.235. The largest absolute Gasteiger partial charge is 0.494 e. The van der Waals surface area contributed by atoms with E-state index in [0.717, 1.165) is 27.4 Å². The molecule has 0 atom stereocenters. The molecule has 2 rings (SSSR count). The van der Waals surface area contributed by atoms with Gasteiger partial charge in [-0.1, -0.05) is 27.7 Å². The van der Waals surface area contributed by atoms with Crippen molar-refractivity contribution in [2.24, 2.45) is 10.7 Å². The number of amidine groups is 1. The van der Waals surface area contributed by atoms with Gasteiger partial charge in [0.15, 0.2) is 5.17 Å². The summed E-state index contributed by atoms with van der Waals surface area (Å²) in [5, 5.41) is 0.522. The van der Waals surface area contributed by atoms with Crippen LogP contribution in [0.2, 0.25) is 0 Å². The topological polar surface area (TPSA) is 56.8 Å². The van der Waals surface area contributed by atoms with E-state index in [1.165, 1.54) is 11.8 Å². The zero-order valence-corrected chi connectivity index (χ0v) is 15.3. The van der Waals surface area contributed by atoms with Crippen LogP contribution in [0.4, 0.5) is 5.69 Å². The molecular weight excluding hydrogens is 376 g/mol. The van der Waals surface area contributed by atoms with Gasteiger partial charge < -0.3 is 15.2 Å². The van der Waals surface area contributed by atoms with Crippen LogP contribution < -0.4 is 15.2 Å². The van der Waals surface area contributed by atoms with Crippen molar-refractivity contribution in [2.45, 2.75) is 6.92 Å². The Bertz CT molecular complexity index is 630. The number of benzene rings is 2. The van der Waals surface area contributed by atoms with Crippen LogP contribution in [-0.2, 0) is 0 Å². The average Bonchev–Trinajstić information content (AvgIpc) is 2.55. The fourth-order valence-electron chi connectivity index (χ4n) is 1.78. The van der Waals surface area contributed by atoms with Crippen molar-refractivity contribution < 1.29 is 9.47 Å². The number of aliphatic imine (C=N–C) groups is 1. The van der Waals surface area contributed by atoms with E-state index in [-0.39, 0.29) is 0 Å². The van der Waals surface area contributed by atoms with Crippen LogP contribution in [0.5, 0.6) is 11.5 Å².